The van der Waals surface area contributed by atoms with E-state index in [1.165, 1.54) is 29.2 Å². The molecule has 0 spiro atoms. The number of aromatic nitrogens is 4. The molecule has 0 saturated carbocycles. The van der Waals surface area contributed by atoms with Crippen LogP contribution in [-0.4, -0.2) is 19.9 Å². The van der Waals surface area contributed by atoms with Crippen LogP contribution < -0.4 is 4.90 Å². The Balaban J connectivity index is 1.29. The Kier molecular flexibility index (Phi) is 6.71. The number of nitrogens with zero attached hydrogens (tertiary/aromatic N) is 5. The lowest BCUT2D eigenvalue weighted by Gasteiger charge is -2.26. The van der Waals surface area contributed by atoms with Gasteiger partial charge in [-0.05, 0) is 70.0 Å². The molecule has 2 heterocycles. The summed E-state index contributed by atoms with van der Waals surface area (Å²) in [6, 6.07) is 24.8. The number of para-hydroxylation sites is 1. The number of alkyl halides is 6. The van der Waals surface area contributed by atoms with Gasteiger partial charge in [0.25, 0.3) is 0 Å². The molecule has 0 N–H and O–H groups in total. The van der Waals surface area contributed by atoms with E-state index >= 15 is 0 Å². The summed E-state index contributed by atoms with van der Waals surface area (Å²) < 4.78 is 131. The molecule has 0 bridgehead atoms. The van der Waals surface area contributed by atoms with Gasteiger partial charge in [-0.2, -0.15) is 26.3 Å². The molecule has 268 valence electrons. The lowest BCUT2D eigenvalue weighted by Crippen LogP contribution is -2.10. The van der Waals surface area contributed by atoms with Gasteiger partial charge in [-0.3, -0.25) is 0 Å². The van der Waals surface area contributed by atoms with Crippen molar-refractivity contribution in [1.82, 2.24) is 19.9 Å². The number of hydrogen-bond acceptors (Lipinski definition) is 5. The van der Waals surface area contributed by atoms with E-state index in [0.29, 0.717) is 21.9 Å². The second-order valence-corrected chi connectivity index (χ2v) is 12.6. The molecular weight excluding hydrogens is 713 g/mol. The molecule has 0 aliphatic heterocycles. The van der Waals surface area contributed by atoms with E-state index in [-0.39, 0.29) is 61.0 Å². The fourth-order valence-corrected chi connectivity index (χ4v) is 7.11. The third-order valence-electron chi connectivity index (χ3n) is 9.33. The minimum absolute atomic E-state index is 0.0394. The number of benzene rings is 7. The van der Waals surface area contributed by atoms with E-state index in [2.05, 4.69) is 19.9 Å². The lowest BCUT2D eigenvalue weighted by molar-refractivity contribution is -0.136. The maximum Gasteiger partial charge on any atom is 0.419 e. The van der Waals surface area contributed by atoms with E-state index in [1.54, 1.807) is 84.9 Å². The normalized spacial score (nSPS) is 13.5. The maximum absolute atomic E-state index is 14.7. The van der Waals surface area contributed by atoms with Crippen LogP contribution in [-0.2, 0) is 12.4 Å². The topological polar surface area (TPSA) is 54.8 Å². The van der Waals surface area contributed by atoms with Crippen molar-refractivity contribution in [2.45, 2.75) is 12.4 Å². The van der Waals surface area contributed by atoms with Crippen LogP contribution in [0.1, 0.15) is 18.0 Å². The predicted octanol–water partition coefficient (Wildman–Crippen LogP) is 12.7. The first-order chi connectivity index (χ1) is 28.6. The molecule has 0 aliphatic rings. The van der Waals surface area contributed by atoms with Gasteiger partial charge in [-0.25, -0.2) is 19.9 Å². The molecule has 0 aliphatic carbocycles. The monoisotopic (exact) mass is 742 g/mol. The van der Waals surface area contributed by atoms with Gasteiger partial charge in [0.15, 0.2) is 0 Å². The summed E-state index contributed by atoms with van der Waals surface area (Å²) >= 11 is 0. The molecule has 0 unspecified atom stereocenters. The molecule has 9 rings (SSSR count). The van der Waals surface area contributed by atoms with Gasteiger partial charge in [0.2, 0.25) is 0 Å². The van der Waals surface area contributed by atoms with Crippen molar-refractivity contribution in [3.05, 3.63) is 163 Å². The number of fused-ring (bicyclic) bond motifs is 4. The number of halogens is 6. The zero-order chi connectivity index (χ0) is 42.2. The van der Waals surface area contributed by atoms with Crippen LogP contribution in [0.2, 0.25) is 0 Å². The summed E-state index contributed by atoms with van der Waals surface area (Å²) in [5, 5.41) is 0.714. The van der Waals surface area contributed by atoms with Crippen LogP contribution in [0, 0.1) is 0 Å². The second-order valence-electron chi connectivity index (χ2n) is 12.6. The highest BCUT2D eigenvalue weighted by atomic mass is 19.4. The first-order valence-electron chi connectivity index (χ1n) is 19.2. The van der Waals surface area contributed by atoms with Crippen LogP contribution in [0.3, 0.4) is 0 Å². The predicted molar refractivity (Wildman–Crippen MR) is 203 cm³/mol. The van der Waals surface area contributed by atoms with E-state index < -0.39 is 53.7 Å². The molecule has 11 heteroatoms. The van der Waals surface area contributed by atoms with E-state index in [4.69, 9.17) is 6.85 Å². The van der Waals surface area contributed by atoms with E-state index in [0.717, 1.165) is 12.7 Å². The minimum atomic E-state index is -4.77. The van der Waals surface area contributed by atoms with Crippen LogP contribution in [0.25, 0.3) is 65.9 Å². The van der Waals surface area contributed by atoms with Gasteiger partial charge in [0.05, 0.1) is 40.4 Å². The Morgan fingerprint density at radius 2 is 0.909 bits per heavy atom. The van der Waals surface area contributed by atoms with Crippen molar-refractivity contribution in [3.8, 4) is 22.5 Å². The van der Waals surface area contributed by atoms with Gasteiger partial charge in [-0.15, -0.1) is 0 Å². The molecule has 0 radical (unpaired) electrons. The van der Waals surface area contributed by atoms with Crippen LogP contribution in [0.5, 0.6) is 0 Å². The minimum Gasteiger partial charge on any atom is -0.310 e. The third-order valence-corrected chi connectivity index (χ3v) is 9.33. The molecule has 0 amide bonds. The first kappa shape index (κ1) is 28.6. The van der Waals surface area contributed by atoms with Gasteiger partial charge >= 0.3 is 12.4 Å². The summed E-state index contributed by atoms with van der Waals surface area (Å²) in [6.45, 7) is 0. The van der Waals surface area contributed by atoms with Gasteiger partial charge in [-0.1, -0.05) is 90.9 Å². The summed E-state index contributed by atoms with van der Waals surface area (Å²) in [5.41, 5.74) is -1.48. The number of rotatable bonds is 5. The Labute approximate surface area is 316 Å². The molecule has 2 aromatic heterocycles. The highest BCUT2D eigenvalue weighted by molar-refractivity contribution is 6.07. The van der Waals surface area contributed by atoms with Gasteiger partial charge in [0, 0.05) is 39.0 Å². The quantitative estimate of drug-likeness (QED) is 0.130. The number of hydrogen-bond donors (Lipinski definition) is 0. The molecule has 0 atom stereocenters. The summed E-state index contributed by atoms with van der Waals surface area (Å²) in [7, 11) is 0. The summed E-state index contributed by atoms with van der Waals surface area (Å²) in [4.78, 5) is 18.3. The number of anilines is 3. The largest absolute Gasteiger partial charge is 0.419 e. The standard InChI is InChI=1S/C44H25F6N5/c45-43(46,47)37-33-18-6-4-10-26(33)22-35-39(51-24-53-41(35)37)28-12-8-16-31(20-28)55(30-14-2-1-3-15-30)32-17-9-13-29(21-32)40-36-23-27-11-5-7-19-34(27)38(44(48,49)50)42(36)54-25-52-40/h1-25H/i1D,2D,3D,14D,15D. The Morgan fingerprint density at radius 1 is 0.455 bits per heavy atom. The molecule has 9 aromatic rings. The molecular formula is C44H25F6N5. The zero-order valence-corrected chi connectivity index (χ0v) is 28.1. The molecule has 0 fully saturated rings. The van der Waals surface area contributed by atoms with Crippen LogP contribution in [0.15, 0.2) is 152 Å². The Morgan fingerprint density at radius 3 is 1.36 bits per heavy atom. The third kappa shape index (κ3) is 5.94. The van der Waals surface area contributed by atoms with Crippen molar-refractivity contribution >= 4 is 60.4 Å². The molecule has 5 nitrogen and oxygen atoms in total. The summed E-state index contributed by atoms with van der Waals surface area (Å²) in [5.74, 6) is 0. The van der Waals surface area contributed by atoms with Crippen molar-refractivity contribution in [2.75, 3.05) is 4.90 Å². The average Bonchev–Trinajstić information content (AvgIpc) is 3.23. The maximum atomic E-state index is 14.7. The Hall–Kier alpha value is -6.88. The first-order valence-corrected chi connectivity index (χ1v) is 16.7. The fraction of sp³-hybridized carbons (Fsp3) is 0.0455. The second kappa shape index (κ2) is 12.9. The average molecular weight is 743 g/mol. The SMILES string of the molecule is [2H]c1c([2H])c([2H])c(N(c2cccc(-c3ncnc4c(C(F)(F)F)c5ccccc5cc34)c2)c2cccc(-c3ncnc4c(C(F)(F)F)c5ccccc5cc34)c2)c([2H])c1[2H]. The molecule has 7 aromatic carbocycles. The van der Waals surface area contributed by atoms with Crippen molar-refractivity contribution < 1.29 is 33.2 Å². The van der Waals surface area contributed by atoms with E-state index in [1.807, 2.05) is 0 Å². The molecule has 0 saturated heterocycles. The van der Waals surface area contributed by atoms with Gasteiger partial charge < -0.3 is 4.90 Å². The fourth-order valence-electron chi connectivity index (χ4n) is 7.11. The summed E-state index contributed by atoms with van der Waals surface area (Å²) in [6.07, 6.45) is -7.48. The van der Waals surface area contributed by atoms with Crippen molar-refractivity contribution in [1.29, 1.82) is 0 Å². The smallest absolute Gasteiger partial charge is 0.310 e. The molecule has 55 heavy (non-hydrogen) atoms. The van der Waals surface area contributed by atoms with Crippen molar-refractivity contribution in [3.63, 3.8) is 0 Å². The van der Waals surface area contributed by atoms with Crippen LogP contribution in [0.4, 0.5) is 43.4 Å². The lowest BCUT2D eigenvalue weighted by atomic mass is 9.96. The van der Waals surface area contributed by atoms with Crippen LogP contribution >= 0.6 is 0 Å². The van der Waals surface area contributed by atoms with E-state index in [9.17, 15) is 26.3 Å². The highest BCUT2D eigenvalue weighted by Gasteiger charge is 2.37. The zero-order valence-electron chi connectivity index (χ0n) is 33.1. The van der Waals surface area contributed by atoms with Crippen molar-refractivity contribution in [2.24, 2.45) is 0 Å². The van der Waals surface area contributed by atoms with Gasteiger partial charge in [0.1, 0.15) is 12.7 Å². The highest BCUT2D eigenvalue weighted by Crippen LogP contribution is 2.45. The Bertz CT molecular complexity index is 3020.